The van der Waals surface area contributed by atoms with E-state index in [9.17, 15) is 0 Å². The predicted molar refractivity (Wildman–Crippen MR) is 252 cm³/mol. The zero-order valence-corrected chi connectivity index (χ0v) is 33.6. The number of benzene rings is 9. The Labute approximate surface area is 343 Å². The molecule has 0 amide bonds. The van der Waals surface area contributed by atoms with Crippen molar-refractivity contribution in [3.05, 3.63) is 231 Å². The summed E-state index contributed by atoms with van der Waals surface area (Å²) in [5.74, 6) is 0. The minimum Gasteiger partial charge on any atom is -0.310 e. The van der Waals surface area contributed by atoms with Crippen molar-refractivity contribution in [1.29, 1.82) is 0 Å². The Hall–Kier alpha value is -6.98. The van der Waals surface area contributed by atoms with Gasteiger partial charge in [-0.3, -0.25) is 0 Å². The first kappa shape index (κ1) is 34.3. The van der Waals surface area contributed by atoms with Gasteiger partial charge in [0.1, 0.15) is 0 Å². The number of aromatic nitrogens is 1. The number of para-hydroxylation sites is 2. The minimum absolute atomic E-state index is 1.12. The molecule has 0 N–H and O–H groups in total. The molecule has 11 aromatic rings. The van der Waals surface area contributed by atoms with E-state index >= 15 is 0 Å². The van der Waals surface area contributed by atoms with Crippen molar-refractivity contribution in [2.75, 3.05) is 4.90 Å². The second-order valence-electron chi connectivity index (χ2n) is 14.9. The number of fused-ring (bicyclic) bond motifs is 6. The summed E-state index contributed by atoms with van der Waals surface area (Å²) >= 11 is 1.86. The largest absolute Gasteiger partial charge is 0.310 e. The molecular weight excluding hydrogens is 737 g/mol. The Bertz CT molecular complexity index is 3110. The average Bonchev–Trinajstić information content (AvgIpc) is 3.85. The smallest absolute Gasteiger partial charge is 0.179 e. The van der Waals surface area contributed by atoms with Gasteiger partial charge < -0.3 is 9.47 Å². The second-order valence-corrected chi connectivity index (χ2v) is 19.8. The third-order valence-corrected chi connectivity index (χ3v) is 17.7. The van der Waals surface area contributed by atoms with Crippen molar-refractivity contribution in [1.82, 2.24) is 4.57 Å². The third-order valence-electron chi connectivity index (χ3n) is 11.7. The van der Waals surface area contributed by atoms with Gasteiger partial charge in [-0.25, -0.2) is 0 Å². The Balaban J connectivity index is 1.17. The number of hydrogen-bond donors (Lipinski definition) is 0. The van der Waals surface area contributed by atoms with Gasteiger partial charge in [0.25, 0.3) is 0 Å². The van der Waals surface area contributed by atoms with Gasteiger partial charge in [-0.2, -0.15) is 0 Å². The molecule has 0 aliphatic rings. The van der Waals surface area contributed by atoms with Crippen molar-refractivity contribution in [3.8, 4) is 5.69 Å². The molecule has 274 valence electrons. The highest BCUT2D eigenvalue weighted by molar-refractivity contribution is 7.25. The van der Waals surface area contributed by atoms with Crippen LogP contribution in [0.2, 0.25) is 0 Å². The van der Waals surface area contributed by atoms with Crippen molar-refractivity contribution < 1.29 is 0 Å². The summed E-state index contributed by atoms with van der Waals surface area (Å²) in [6, 6.07) is 85.1. The molecule has 4 heteroatoms. The fourth-order valence-electron chi connectivity index (χ4n) is 9.25. The summed E-state index contributed by atoms with van der Waals surface area (Å²) in [7, 11) is -2.71. The minimum atomic E-state index is -2.71. The highest BCUT2D eigenvalue weighted by Gasteiger charge is 2.41. The fourth-order valence-corrected chi connectivity index (χ4v) is 15.1. The molecule has 2 nitrogen and oxygen atoms in total. The lowest BCUT2D eigenvalue weighted by atomic mass is 10.1. The topological polar surface area (TPSA) is 8.17 Å². The van der Waals surface area contributed by atoms with Crippen LogP contribution < -0.4 is 25.6 Å². The summed E-state index contributed by atoms with van der Waals surface area (Å²) < 4.78 is 5.00. The molecule has 9 aromatic carbocycles. The van der Waals surface area contributed by atoms with E-state index in [1.165, 1.54) is 62.7 Å². The van der Waals surface area contributed by atoms with Crippen LogP contribution in [-0.2, 0) is 0 Å². The molecule has 0 aliphatic heterocycles. The van der Waals surface area contributed by atoms with Gasteiger partial charge in [0.15, 0.2) is 8.07 Å². The molecule has 0 fully saturated rings. The lowest BCUT2D eigenvalue weighted by Crippen LogP contribution is -2.74. The van der Waals surface area contributed by atoms with Crippen LogP contribution >= 0.6 is 11.3 Å². The summed E-state index contributed by atoms with van der Waals surface area (Å²) in [5.41, 5.74) is 6.92. The van der Waals surface area contributed by atoms with Gasteiger partial charge in [-0.1, -0.05) is 170 Å². The van der Waals surface area contributed by atoms with E-state index in [1.54, 1.807) is 0 Å². The van der Waals surface area contributed by atoms with Crippen molar-refractivity contribution in [2.24, 2.45) is 0 Å². The molecule has 0 unspecified atom stereocenters. The maximum atomic E-state index is 2.48. The summed E-state index contributed by atoms with van der Waals surface area (Å²) in [6.45, 7) is 0. The van der Waals surface area contributed by atoms with Gasteiger partial charge in [0.2, 0.25) is 0 Å². The zero-order valence-electron chi connectivity index (χ0n) is 31.7. The monoisotopic (exact) mass is 774 g/mol. The van der Waals surface area contributed by atoms with Crippen LogP contribution in [0.25, 0.3) is 47.7 Å². The molecule has 0 saturated heterocycles. The Morgan fingerprint density at radius 2 is 0.862 bits per heavy atom. The third kappa shape index (κ3) is 5.45. The lowest BCUT2D eigenvalue weighted by molar-refractivity contribution is 1.18. The fraction of sp³-hybridized carbons (Fsp3) is 0. The lowest BCUT2D eigenvalue weighted by Gasteiger charge is -2.35. The standard InChI is InChI=1S/C54H38N2SSi/c1-5-18-39(19-6-1)56-49-28-15-13-27-48(49)54-50(29-17-30-51(54)56)55(41-34-37-47-46-26-14-16-31-52(46)57-53(47)38-41)40-32-35-45(36-33-40)58(42-20-7-2-8-21-42,43-22-9-3-10-23-43)44-24-11-4-12-25-44/h1-38H. The quantitative estimate of drug-likeness (QED) is 0.110. The zero-order chi connectivity index (χ0) is 38.5. The average molecular weight is 775 g/mol. The van der Waals surface area contributed by atoms with E-state index in [0.717, 1.165) is 22.7 Å². The van der Waals surface area contributed by atoms with Gasteiger partial charge in [0, 0.05) is 48.0 Å². The Kier molecular flexibility index (Phi) is 8.39. The normalized spacial score (nSPS) is 11.8. The number of rotatable bonds is 8. The first-order valence-electron chi connectivity index (χ1n) is 19.9. The van der Waals surface area contributed by atoms with Crippen LogP contribution in [0.15, 0.2) is 231 Å². The highest BCUT2D eigenvalue weighted by atomic mass is 32.1. The predicted octanol–water partition coefficient (Wildman–Crippen LogP) is 12.0. The summed E-state index contributed by atoms with van der Waals surface area (Å²) in [5, 5.41) is 10.5. The van der Waals surface area contributed by atoms with E-state index in [2.05, 4.69) is 240 Å². The molecule has 0 saturated carbocycles. The van der Waals surface area contributed by atoms with E-state index in [0.29, 0.717) is 0 Å². The molecular formula is C54H38N2SSi. The molecule has 0 aliphatic carbocycles. The molecule has 58 heavy (non-hydrogen) atoms. The van der Waals surface area contributed by atoms with Crippen molar-refractivity contribution >= 4 is 99.2 Å². The van der Waals surface area contributed by atoms with Crippen LogP contribution in [0.3, 0.4) is 0 Å². The SMILES string of the molecule is c1ccc(-n2c3ccccc3c3c(N(c4ccc([Si](c5ccccc5)(c5ccccc5)c5ccccc5)cc4)c4ccc5c(c4)sc4ccccc45)cccc32)cc1. The van der Waals surface area contributed by atoms with Gasteiger partial charge in [-0.15, -0.1) is 11.3 Å². The first-order chi connectivity index (χ1) is 28.8. The summed E-state index contributed by atoms with van der Waals surface area (Å²) in [4.78, 5) is 2.48. The van der Waals surface area contributed by atoms with E-state index in [4.69, 9.17) is 0 Å². The Morgan fingerprint density at radius 3 is 1.52 bits per heavy atom. The van der Waals surface area contributed by atoms with Gasteiger partial charge in [-0.05, 0) is 81.4 Å². The second kappa shape index (κ2) is 14.2. The van der Waals surface area contributed by atoms with Crippen LogP contribution in [0.5, 0.6) is 0 Å². The first-order valence-corrected chi connectivity index (χ1v) is 22.7. The van der Waals surface area contributed by atoms with Gasteiger partial charge >= 0.3 is 0 Å². The number of nitrogens with zero attached hydrogens (tertiary/aromatic N) is 2. The molecule has 11 rings (SSSR count). The number of thiophene rings is 1. The Morgan fingerprint density at radius 1 is 0.362 bits per heavy atom. The molecule has 0 spiro atoms. The van der Waals surface area contributed by atoms with Crippen LogP contribution in [0.4, 0.5) is 17.1 Å². The summed E-state index contributed by atoms with van der Waals surface area (Å²) in [6.07, 6.45) is 0. The maximum absolute atomic E-state index is 2.71. The highest BCUT2D eigenvalue weighted by Crippen LogP contribution is 2.45. The molecule has 0 atom stereocenters. The molecule has 2 heterocycles. The van der Waals surface area contributed by atoms with Crippen LogP contribution in [0, 0.1) is 0 Å². The van der Waals surface area contributed by atoms with E-state index < -0.39 is 8.07 Å². The van der Waals surface area contributed by atoms with Gasteiger partial charge in [0.05, 0.1) is 16.7 Å². The van der Waals surface area contributed by atoms with Crippen molar-refractivity contribution in [3.63, 3.8) is 0 Å². The number of hydrogen-bond acceptors (Lipinski definition) is 2. The molecule has 0 bridgehead atoms. The molecule has 0 radical (unpaired) electrons. The maximum Gasteiger partial charge on any atom is 0.179 e. The van der Waals surface area contributed by atoms with Crippen LogP contribution in [0.1, 0.15) is 0 Å². The van der Waals surface area contributed by atoms with Crippen molar-refractivity contribution in [2.45, 2.75) is 0 Å². The van der Waals surface area contributed by atoms with Crippen LogP contribution in [-0.4, -0.2) is 12.6 Å². The molecule has 2 aromatic heterocycles. The number of anilines is 3. The van der Waals surface area contributed by atoms with E-state index in [-0.39, 0.29) is 0 Å². The van der Waals surface area contributed by atoms with E-state index in [1.807, 2.05) is 11.3 Å².